The van der Waals surface area contributed by atoms with E-state index in [9.17, 15) is 4.79 Å². The van der Waals surface area contributed by atoms with Crippen LogP contribution >= 0.6 is 0 Å². The van der Waals surface area contributed by atoms with Gasteiger partial charge in [-0.05, 0) is 24.1 Å². The Kier molecular flexibility index (Phi) is 7.00. The summed E-state index contributed by atoms with van der Waals surface area (Å²) in [5.74, 6) is -0.203. The van der Waals surface area contributed by atoms with Gasteiger partial charge in [0.25, 0.3) is 11.8 Å². The maximum absolute atomic E-state index is 13.1. The van der Waals surface area contributed by atoms with Crippen LogP contribution in [0.4, 0.5) is 11.7 Å². The van der Waals surface area contributed by atoms with E-state index < -0.39 is 6.17 Å². The second-order valence-electron chi connectivity index (χ2n) is 8.17. The summed E-state index contributed by atoms with van der Waals surface area (Å²) in [6.45, 7) is 0.522. The van der Waals surface area contributed by atoms with E-state index in [0.717, 1.165) is 16.7 Å². The Hall–Kier alpha value is -4.83. The van der Waals surface area contributed by atoms with Gasteiger partial charge in [-0.1, -0.05) is 59.7 Å². The highest BCUT2D eigenvalue weighted by atomic mass is 16.5. The van der Waals surface area contributed by atoms with Crippen molar-refractivity contribution in [3.63, 3.8) is 0 Å². The predicted octanol–water partition coefficient (Wildman–Crippen LogP) is 3.23. The molecule has 3 heterocycles. The molecule has 10 nitrogen and oxygen atoms in total. The first kappa shape index (κ1) is 23.9. The molecule has 1 aliphatic heterocycles. The third-order valence-corrected chi connectivity index (χ3v) is 5.80. The standard InChI is InChI=1S/C27H25N7O3/c1-36-15-13-18-10-7-14-29-22(18)20(16-28)26-33-34-27(37-26)32-24-25(35)30-21-12-6-5-11-19(21)23(31-24)17-8-3-2-4-9-17/h2-12,14,16,24H,13,15,28H2,1H3,(H,30,35)(H,32,34). The third-order valence-electron chi connectivity index (χ3n) is 5.80. The van der Waals surface area contributed by atoms with Gasteiger partial charge in [0.1, 0.15) is 0 Å². The number of methoxy groups -OCH3 is 1. The number of pyridine rings is 1. The number of rotatable bonds is 8. The highest BCUT2D eigenvalue weighted by Crippen LogP contribution is 2.27. The molecule has 5 rings (SSSR count). The van der Waals surface area contributed by atoms with Crippen LogP contribution in [0, 0.1) is 0 Å². The van der Waals surface area contributed by atoms with Crippen molar-refractivity contribution in [1.82, 2.24) is 15.2 Å². The number of nitrogens with zero attached hydrogens (tertiary/aromatic N) is 4. The first-order valence-corrected chi connectivity index (χ1v) is 11.7. The van der Waals surface area contributed by atoms with E-state index >= 15 is 0 Å². The number of ether oxygens (including phenoxy) is 1. The zero-order valence-corrected chi connectivity index (χ0v) is 20.1. The van der Waals surface area contributed by atoms with Gasteiger partial charge in [0.2, 0.25) is 6.17 Å². The number of amides is 1. The molecule has 2 aromatic carbocycles. The lowest BCUT2D eigenvalue weighted by Gasteiger charge is -2.11. The van der Waals surface area contributed by atoms with E-state index in [0.29, 0.717) is 35.7 Å². The quantitative estimate of drug-likeness (QED) is 0.338. The van der Waals surface area contributed by atoms with Gasteiger partial charge in [-0.25, -0.2) is 4.99 Å². The molecule has 37 heavy (non-hydrogen) atoms. The van der Waals surface area contributed by atoms with Crippen LogP contribution in [0.15, 0.2) is 88.5 Å². The van der Waals surface area contributed by atoms with Crippen LogP contribution in [0.1, 0.15) is 28.3 Å². The third kappa shape index (κ3) is 5.09. The minimum atomic E-state index is -1.02. The lowest BCUT2D eigenvalue weighted by Crippen LogP contribution is -2.32. The number of hydrogen-bond acceptors (Lipinski definition) is 9. The lowest BCUT2D eigenvalue weighted by atomic mass is 10.0. The van der Waals surface area contributed by atoms with Crippen molar-refractivity contribution in [3.05, 3.63) is 107 Å². The fourth-order valence-corrected chi connectivity index (χ4v) is 4.03. The highest BCUT2D eigenvalue weighted by Gasteiger charge is 2.27. The van der Waals surface area contributed by atoms with Crippen LogP contribution in [0.3, 0.4) is 0 Å². The predicted molar refractivity (Wildman–Crippen MR) is 140 cm³/mol. The second kappa shape index (κ2) is 10.8. The molecule has 0 radical (unpaired) electrons. The molecule has 0 spiro atoms. The molecule has 10 heteroatoms. The van der Waals surface area contributed by atoms with Gasteiger partial charge in [-0.3, -0.25) is 9.78 Å². The van der Waals surface area contributed by atoms with Crippen molar-refractivity contribution in [1.29, 1.82) is 0 Å². The molecule has 2 aromatic heterocycles. The van der Waals surface area contributed by atoms with Crippen LogP contribution in [-0.4, -0.2) is 46.7 Å². The number of nitrogens with one attached hydrogen (secondary N) is 2. The Balaban J connectivity index is 1.45. The van der Waals surface area contributed by atoms with Crippen LogP contribution < -0.4 is 16.4 Å². The number of nitrogens with two attached hydrogens (primary N) is 1. The Bertz CT molecular complexity index is 1460. The zero-order valence-electron chi connectivity index (χ0n) is 20.1. The molecule has 0 fully saturated rings. The van der Waals surface area contributed by atoms with Crippen LogP contribution in [0.2, 0.25) is 0 Å². The van der Waals surface area contributed by atoms with Crippen molar-refractivity contribution in [3.8, 4) is 0 Å². The minimum absolute atomic E-state index is 0.0194. The number of carbonyl (C=O) groups excluding carboxylic acids is 1. The van der Waals surface area contributed by atoms with Gasteiger partial charge in [0.05, 0.1) is 29.3 Å². The van der Waals surface area contributed by atoms with Gasteiger partial charge in [0.15, 0.2) is 0 Å². The number of para-hydroxylation sites is 1. The number of benzodiazepines with no additional fused rings is 1. The van der Waals surface area contributed by atoms with Crippen molar-refractivity contribution in [2.24, 2.45) is 10.7 Å². The monoisotopic (exact) mass is 495 g/mol. The van der Waals surface area contributed by atoms with Crippen molar-refractivity contribution in [2.75, 3.05) is 24.4 Å². The maximum Gasteiger partial charge on any atom is 0.317 e. The summed E-state index contributed by atoms with van der Waals surface area (Å²) >= 11 is 0. The average molecular weight is 496 g/mol. The first-order chi connectivity index (χ1) is 18.2. The number of carbonyl (C=O) groups is 1. The summed E-state index contributed by atoms with van der Waals surface area (Å²) in [7, 11) is 1.64. The zero-order chi connectivity index (χ0) is 25.6. The summed E-state index contributed by atoms with van der Waals surface area (Å²) in [5.41, 5.74) is 10.9. The van der Waals surface area contributed by atoms with Gasteiger partial charge >= 0.3 is 6.01 Å². The average Bonchev–Trinajstić information content (AvgIpc) is 3.34. The van der Waals surface area contributed by atoms with E-state index in [1.807, 2.05) is 66.7 Å². The molecule has 0 saturated carbocycles. The Morgan fingerprint density at radius 1 is 1.11 bits per heavy atom. The number of fused-ring (bicyclic) bond motifs is 1. The Morgan fingerprint density at radius 3 is 2.73 bits per heavy atom. The van der Waals surface area contributed by atoms with E-state index in [4.69, 9.17) is 19.9 Å². The molecule has 1 unspecified atom stereocenters. The van der Waals surface area contributed by atoms with Crippen LogP contribution in [-0.2, 0) is 16.0 Å². The molecule has 1 amide bonds. The molecular weight excluding hydrogens is 470 g/mol. The van der Waals surface area contributed by atoms with Gasteiger partial charge in [-0.2, -0.15) is 0 Å². The fraction of sp³-hybridized carbons (Fsp3) is 0.148. The summed E-state index contributed by atoms with van der Waals surface area (Å²) in [6.07, 6.45) is 2.65. The Morgan fingerprint density at radius 2 is 1.92 bits per heavy atom. The van der Waals surface area contributed by atoms with Crippen LogP contribution in [0.25, 0.3) is 5.57 Å². The fourth-order valence-electron chi connectivity index (χ4n) is 4.03. The minimum Gasteiger partial charge on any atom is -0.404 e. The maximum atomic E-state index is 13.1. The number of aromatic nitrogens is 3. The van der Waals surface area contributed by atoms with Crippen molar-refractivity contribution >= 4 is 28.9 Å². The van der Waals surface area contributed by atoms with E-state index in [-0.39, 0.29) is 17.8 Å². The molecule has 0 saturated heterocycles. The molecule has 0 aliphatic carbocycles. The molecule has 1 aliphatic rings. The van der Waals surface area contributed by atoms with Gasteiger partial charge in [-0.15, -0.1) is 5.10 Å². The van der Waals surface area contributed by atoms with Crippen molar-refractivity contribution in [2.45, 2.75) is 12.6 Å². The summed E-state index contributed by atoms with van der Waals surface area (Å²) in [6, 6.07) is 21.0. The smallest absolute Gasteiger partial charge is 0.317 e. The molecule has 4 N–H and O–H groups in total. The number of hydrogen-bond donors (Lipinski definition) is 3. The molecule has 0 bridgehead atoms. The van der Waals surface area contributed by atoms with Gasteiger partial charge in [0, 0.05) is 30.6 Å². The summed E-state index contributed by atoms with van der Waals surface area (Å²) in [4.78, 5) is 22.3. The largest absolute Gasteiger partial charge is 0.404 e. The van der Waals surface area contributed by atoms with E-state index in [2.05, 4.69) is 25.8 Å². The summed E-state index contributed by atoms with van der Waals surface area (Å²) < 4.78 is 11.1. The van der Waals surface area contributed by atoms with E-state index in [1.54, 1.807) is 13.3 Å². The number of benzene rings is 2. The van der Waals surface area contributed by atoms with Crippen molar-refractivity contribution < 1.29 is 13.9 Å². The summed E-state index contributed by atoms with van der Waals surface area (Å²) in [5, 5.41) is 14.1. The lowest BCUT2D eigenvalue weighted by molar-refractivity contribution is -0.116. The normalized spacial score (nSPS) is 15.4. The first-order valence-electron chi connectivity index (χ1n) is 11.7. The molecule has 1 atom stereocenters. The number of anilines is 2. The Labute approximate surface area is 213 Å². The van der Waals surface area contributed by atoms with Crippen LogP contribution in [0.5, 0.6) is 0 Å². The molecular formula is C27H25N7O3. The second-order valence-corrected chi connectivity index (χ2v) is 8.17. The topological polar surface area (TPSA) is 141 Å². The van der Waals surface area contributed by atoms with Gasteiger partial charge < -0.3 is 25.5 Å². The highest BCUT2D eigenvalue weighted by molar-refractivity contribution is 6.19. The SMILES string of the molecule is COCCc1cccnc1C(=CN)c1nnc(NC2N=C(c3ccccc3)c3ccccc3NC2=O)o1. The van der Waals surface area contributed by atoms with E-state index in [1.165, 1.54) is 6.20 Å². The number of aliphatic imine (C=N–C) groups is 1. The molecule has 186 valence electrons. The molecule has 4 aromatic rings.